The smallest absolute Gasteiger partial charge is 0.387 e. The van der Waals surface area contributed by atoms with E-state index in [4.69, 9.17) is 11.6 Å². The van der Waals surface area contributed by atoms with Gasteiger partial charge in [-0.2, -0.15) is 13.2 Å². The summed E-state index contributed by atoms with van der Waals surface area (Å²) in [6.07, 6.45) is 2.23. The molecule has 1 heterocycles. The van der Waals surface area contributed by atoms with Crippen molar-refractivity contribution < 1.29 is 13.2 Å². The Hall–Kier alpha value is -3.38. The maximum atomic E-state index is 13.3. The highest BCUT2D eigenvalue weighted by Gasteiger charge is 2.38. The van der Waals surface area contributed by atoms with E-state index < -0.39 is 17.2 Å². The number of hydrogen-bond acceptors (Lipinski definition) is 3. The van der Waals surface area contributed by atoms with Crippen LogP contribution in [0.2, 0.25) is 5.02 Å². The lowest BCUT2D eigenvalue weighted by molar-refractivity contribution is -0.0889. The number of nitrogens with one attached hydrogen (secondary N) is 2. The first-order valence-electron chi connectivity index (χ1n) is 12.8. The van der Waals surface area contributed by atoms with Crippen molar-refractivity contribution in [3.8, 4) is 0 Å². The Morgan fingerprint density at radius 1 is 1.26 bits per heavy atom. The normalized spacial score (nSPS) is 19.7. The first-order valence-corrected chi connectivity index (χ1v) is 13.2. The van der Waals surface area contributed by atoms with E-state index in [9.17, 15) is 13.2 Å². The summed E-state index contributed by atoms with van der Waals surface area (Å²) >= 11 is 6.31. The van der Waals surface area contributed by atoms with E-state index in [1.165, 1.54) is 12.2 Å². The van der Waals surface area contributed by atoms with Crippen LogP contribution in [-0.2, 0) is 6.42 Å². The van der Waals surface area contributed by atoms with Crippen LogP contribution in [0.4, 0.5) is 13.2 Å². The van der Waals surface area contributed by atoms with Crippen LogP contribution >= 0.6 is 11.6 Å². The standard InChI is InChI=1S/C32H37ClF3N3/c1-8-37-19-28-22(4)30(23(5)38-18-21(2)3)24(6)39(29(28)17-25-10-9-11-27(33)16-25)20-31(7)14-12-26(13-15-31)32(34,35)36/h8-14,16,37-38H,1-2,5-6,15,17-20H2,3-4,7H3. The highest BCUT2D eigenvalue weighted by atomic mass is 35.5. The zero-order valence-corrected chi connectivity index (χ0v) is 23.7. The maximum Gasteiger partial charge on any atom is 0.416 e. The van der Waals surface area contributed by atoms with Crippen LogP contribution in [0.15, 0.2) is 120 Å². The van der Waals surface area contributed by atoms with Crippen molar-refractivity contribution in [2.24, 2.45) is 5.41 Å². The summed E-state index contributed by atoms with van der Waals surface area (Å²) in [6.45, 7) is 24.0. The molecule has 0 fully saturated rings. The summed E-state index contributed by atoms with van der Waals surface area (Å²) in [7, 11) is 0. The van der Waals surface area contributed by atoms with Gasteiger partial charge in [0, 0.05) is 59.2 Å². The zero-order chi connectivity index (χ0) is 29.0. The minimum atomic E-state index is -4.37. The summed E-state index contributed by atoms with van der Waals surface area (Å²) in [5.74, 6) is 0. The molecule has 0 saturated carbocycles. The van der Waals surface area contributed by atoms with Crippen molar-refractivity contribution in [1.29, 1.82) is 0 Å². The van der Waals surface area contributed by atoms with Gasteiger partial charge in [-0.1, -0.05) is 80.8 Å². The number of benzene rings is 1. The molecule has 0 amide bonds. The summed E-state index contributed by atoms with van der Waals surface area (Å²) in [4.78, 5) is 2.13. The summed E-state index contributed by atoms with van der Waals surface area (Å²) in [5.41, 5.74) is 6.21. The van der Waals surface area contributed by atoms with Gasteiger partial charge in [0.2, 0.25) is 0 Å². The number of rotatable bonds is 11. The van der Waals surface area contributed by atoms with E-state index in [-0.39, 0.29) is 6.42 Å². The van der Waals surface area contributed by atoms with Gasteiger partial charge in [-0.05, 0) is 55.3 Å². The maximum absolute atomic E-state index is 13.3. The van der Waals surface area contributed by atoms with E-state index in [1.807, 2.05) is 45.0 Å². The van der Waals surface area contributed by atoms with E-state index in [0.29, 0.717) is 36.8 Å². The third-order valence-corrected chi connectivity index (χ3v) is 7.24. The number of alkyl halides is 3. The fraction of sp³-hybridized carbons (Fsp3) is 0.312. The monoisotopic (exact) mass is 555 g/mol. The molecule has 1 aliphatic heterocycles. The predicted octanol–water partition coefficient (Wildman–Crippen LogP) is 8.15. The average Bonchev–Trinajstić information content (AvgIpc) is 2.84. The van der Waals surface area contributed by atoms with Gasteiger partial charge >= 0.3 is 6.18 Å². The molecule has 2 N–H and O–H groups in total. The van der Waals surface area contributed by atoms with Crippen molar-refractivity contribution in [2.45, 2.75) is 39.8 Å². The van der Waals surface area contributed by atoms with Crippen LogP contribution in [0.5, 0.6) is 0 Å². The molecule has 3 rings (SSSR count). The van der Waals surface area contributed by atoms with Crippen LogP contribution in [0, 0.1) is 5.41 Å². The van der Waals surface area contributed by atoms with Crippen molar-refractivity contribution in [3.05, 3.63) is 131 Å². The molecule has 0 radical (unpaired) electrons. The second-order valence-electron chi connectivity index (χ2n) is 10.5. The van der Waals surface area contributed by atoms with E-state index in [0.717, 1.165) is 39.2 Å². The van der Waals surface area contributed by atoms with E-state index in [1.54, 1.807) is 12.3 Å². The molecule has 1 aromatic rings. The Morgan fingerprint density at radius 3 is 2.54 bits per heavy atom. The Bertz CT molecular complexity index is 1300. The highest BCUT2D eigenvalue weighted by molar-refractivity contribution is 6.30. The molecular formula is C32H37ClF3N3. The van der Waals surface area contributed by atoms with Gasteiger partial charge in [0.05, 0.1) is 5.57 Å². The third-order valence-electron chi connectivity index (χ3n) is 7.01. The number of hydrogen-bond donors (Lipinski definition) is 2. The summed E-state index contributed by atoms with van der Waals surface area (Å²) < 4.78 is 40.0. The predicted molar refractivity (Wildman–Crippen MR) is 157 cm³/mol. The summed E-state index contributed by atoms with van der Waals surface area (Å²) in [5, 5.41) is 7.22. The lowest BCUT2D eigenvalue weighted by Gasteiger charge is -2.43. The zero-order valence-electron chi connectivity index (χ0n) is 22.9. The molecule has 2 aliphatic rings. The largest absolute Gasteiger partial charge is 0.416 e. The lowest BCUT2D eigenvalue weighted by atomic mass is 9.79. The Labute approximate surface area is 235 Å². The van der Waals surface area contributed by atoms with Crippen LogP contribution in [0.3, 0.4) is 0 Å². The molecule has 1 aromatic carbocycles. The molecule has 1 atom stereocenters. The fourth-order valence-electron chi connectivity index (χ4n) is 4.89. The van der Waals surface area contributed by atoms with Gasteiger partial charge in [0.1, 0.15) is 0 Å². The van der Waals surface area contributed by atoms with Gasteiger partial charge in [-0.15, -0.1) is 0 Å². The SMILES string of the molecule is C=CNCC1=C(Cc2cccc(Cl)c2)N(CC2(C)C=CC(C(F)(F)F)=CC2)C(=C)C(C(=C)NCC(=C)C)=C1C. The number of allylic oxidation sites excluding steroid dienone is 4. The van der Waals surface area contributed by atoms with Crippen molar-refractivity contribution in [1.82, 2.24) is 15.5 Å². The van der Waals surface area contributed by atoms with Crippen LogP contribution in [-0.4, -0.2) is 30.7 Å². The van der Waals surface area contributed by atoms with E-state index in [2.05, 4.69) is 41.8 Å². The molecule has 0 saturated heterocycles. The molecule has 208 valence electrons. The molecule has 7 heteroatoms. The van der Waals surface area contributed by atoms with Crippen molar-refractivity contribution in [2.75, 3.05) is 19.6 Å². The van der Waals surface area contributed by atoms with Crippen molar-refractivity contribution >= 4 is 11.6 Å². The second-order valence-corrected chi connectivity index (χ2v) is 10.9. The number of nitrogens with zero attached hydrogens (tertiary/aromatic N) is 1. The van der Waals surface area contributed by atoms with Gasteiger partial charge in [-0.25, -0.2) is 0 Å². The minimum absolute atomic E-state index is 0.250. The quantitative estimate of drug-likeness (QED) is 0.270. The number of halogens is 4. The van der Waals surface area contributed by atoms with Crippen molar-refractivity contribution in [3.63, 3.8) is 0 Å². The topological polar surface area (TPSA) is 27.3 Å². The Morgan fingerprint density at radius 2 is 1.97 bits per heavy atom. The Balaban J connectivity index is 2.11. The van der Waals surface area contributed by atoms with Gasteiger partial charge in [0.15, 0.2) is 0 Å². The van der Waals surface area contributed by atoms with Gasteiger partial charge in [-0.3, -0.25) is 0 Å². The van der Waals surface area contributed by atoms with Gasteiger partial charge in [0.25, 0.3) is 0 Å². The molecule has 0 spiro atoms. The van der Waals surface area contributed by atoms with Crippen LogP contribution < -0.4 is 10.6 Å². The minimum Gasteiger partial charge on any atom is -0.387 e. The fourth-order valence-corrected chi connectivity index (χ4v) is 5.10. The average molecular weight is 556 g/mol. The molecule has 0 aromatic heterocycles. The van der Waals surface area contributed by atoms with Crippen LogP contribution in [0.1, 0.15) is 32.8 Å². The lowest BCUT2D eigenvalue weighted by Crippen LogP contribution is -2.40. The third kappa shape index (κ3) is 7.39. The second kappa shape index (κ2) is 12.2. The van der Waals surface area contributed by atoms with Crippen LogP contribution in [0.25, 0.3) is 0 Å². The molecule has 1 unspecified atom stereocenters. The molecular weight excluding hydrogens is 519 g/mol. The highest BCUT2D eigenvalue weighted by Crippen LogP contribution is 2.42. The first kappa shape index (κ1) is 30.2. The first-order chi connectivity index (χ1) is 18.3. The molecule has 0 bridgehead atoms. The molecule has 3 nitrogen and oxygen atoms in total. The molecule has 39 heavy (non-hydrogen) atoms. The molecule has 1 aliphatic carbocycles. The Kier molecular flexibility index (Phi) is 9.44. The summed E-state index contributed by atoms with van der Waals surface area (Å²) in [6, 6.07) is 7.68. The van der Waals surface area contributed by atoms with Gasteiger partial charge < -0.3 is 15.5 Å². The van der Waals surface area contributed by atoms with E-state index >= 15 is 0 Å².